The molecule has 6 rings (SSSR count). The number of benzene rings is 4. The Balaban J connectivity index is 0.941. The van der Waals surface area contributed by atoms with Crippen molar-refractivity contribution in [2.75, 3.05) is 125 Å². The lowest BCUT2D eigenvalue weighted by Gasteiger charge is -2.46. The molecule has 0 fully saturated rings. The fourth-order valence-electron chi connectivity index (χ4n) is 11.0. The smallest absolute Gasteiger partial charge is 0.305 e. The lowest BCUT2D eigenvalue weighted by molar-refractivity contribution is -0.935. The van der Waals surface area contributed by atoms with Crippen molar-refractivity contribution >= 4 is 11.9 Å². The minimum atomic E-state index is -0.187. The topological polar surface area (TPSA) is 145 Å². The first-order chi connectivity index (χ1) is 35.3. The van der Waals surface area contributed by atoms with Crippen LogP contribution < -0.4 is 47.4 Å². The molecule has 0 radical (unpaired) electrons. The third-order valence-corrected chi connectivity index (χ3v) is 14.8. The summed E-state index contributed by atoms with van der Waals surface area (Å²) < 4.78 is 70.2. The number of rotatable bonds is 28. The predicted molar refractivity (Wildman–Crippen MR) is 278 cm³/mol. The summed E-state index contributed by atoms with van der Waals surface area (Å²) in [5.74, 6) is 5.75. The quantitative estimate of drug-likeness (QED) is 0.0303. The Morgan fingerprint density at radius 3 is 1.04 bits per heavy atom. The van der Waals surface area contributed by atoms with Crippen molar-refractivity contribution < 1.29 is 75.4 Å². The van der Waals surface area contributed by atoms with E-state index in [0.29, 0.717) is 105 Å². The van der Waals surface area contributed by atoms with Gasteiger partial charge in [0.1, 0.15) is 12.1 Å². The van der Waals surface area contributed by atoms with Crippen LogP contribution in [0.5, 0.6) is 57.5 Å². The molecule has 2 aliphatic heterocycles. The highest BCUT2D eigenvalue weighted by atomic mass is 16.6. The maximum absolute atomic E-state index is 12.9. The molecule has 2 heterocycles. The van der Waals surface area contributed by atoms with Gasteiger partial charge in [0, 0.05) is 60.8 Å². The average Bonchev–Trinajstić information content (AvgIpc) is 3.41. The molecule has 2 aliphatic rings. The highest BCUT2D eigenvalue weighted by molar-refractivity contribution is 5.69. The van der Waals surface area contributed by atoms with E-state index in [-0.39, 0.29) is 24.0 Å². The Kier molecular flexibility index (Phi) is 20.0. The second kappa shape index (κ2) is 26.1. The summed E-state index contributed by atoms with van der Waals surface area (Å²) in [6, 6.07) is 16.2. The summed E-state index contributed by atoms with van der Waals surface area (Å²) in [6.45, 7) is 3.92. The van der Waals surface area contributed by atoms with E-state index in [0.717, 1.165) is 93.4 Å². The fraction of sp³-hybridized carbons (Fsp3) is 0.544. The van der Waals surface area contributed by atoms with Crippen LogP contribution in [0.2, 0.25) is 0 Å². The number of nitrogens with zero attached hydrogens (tertiary/aromatic N) is 2. The zero-order valence-corrected chi connectivity index (χ0v) is 45.4. The van der Waals surface area contributed by atoms with E-state index in [2.05, 4.69) is 38.4 Å². The number of carbonyl (C=O) groups is 2. The lowest BCUT2D eigenvalue weighted by Crippen LogP contribution is -2.52. The molecular weight excluding hydrogens is 937 g/mol. The first kappa shape index (κ1) is 56.0. The van der Waals surface area contributed by atoms with Crippen molar-refractivity contribution in [1.82, 2.24) is 0 Å². The molecule has 16 heteroatoms. The number of ether oxygens (including phenoxy) is 12. The molecular formula is C57H80N2O14+2. The molecule has 4 aromatic carbocycles. The van der Waals surface area contributed by atoms with E-state index in [1.54, 1.807) is 71.1 Å². The first-order valence-electron chi connectivity index (χ1n) is 25.4. The third-order valence-electron chi connectivity index (χ3n) is 14.8. The van der Waals surface area contributed by atoms with Crippen molar-refractivity contribution in [2.45, 2.75) is 82.7 Å². The van der Waals surface area contributed by atoms with Crippen molar-refractivity contribution in [2.24, 2.45) is 0 Å². The molecule has 400 valence electrons. The van der Waals surface area contributed by atoms with Crippen molar-refractivity contribution in [1.29, 1.82) is 0 Å². The normalized spacial score (nSPS) is 18.8. The van der Waals surface area contributed by atoms with Gasteiger partial charge < -0.3 is 65.8 Å². The zero-order chi connectivity index (χ0) is 52.7. The number of unbranched alkanes of at least 4 members (excludes halogenated alkanes) is 4. The fourth-order valence-corrected chi connectivity index (χ4v) is 11.0. The van der Waals surface area contributed by atoms with E-state index in [1.165, 1.54) is 11.1 Å². The van der Waals surface area contributed by atoms with E-state index in [1.807, 2.05) is 24.3 Å². The molecule has 0 spiro atoms. The number of hydrogen-bond acceptors (Lipinski definition) is 14. The number of carbonyl (C=O) groups excluding carboxylic acids is 2. The third kappa shape index (κ3) is 12.9. The Bertz CT molecular complexity index is 2280. The number of esters is 2. The van der Waals surface area contributed by atoms with Gasteiger partial charge in [0.05, 0.1) is 125 Å². The van der Waals surface area contributed by atoms with E-state index >= 15 is 0 Å². The Hall–Kier alpha value is -6.26. The minimum Gasteiger partial charge on any atom is -0.493 e. The molecule has 16 nitrogen and oxygen atoms in total. The molecule has 4 atom stereocenters. The molecule has 0 amide bonds. The maximum atomic E-state index is 12.9. The minimum absolute atomic E-state index is 0.101. The van der Waals surface area contributed by atoms with Crippen LogP contribution in [-0.4, -0.2) is 145 Å². The van der Waals surface area contributed by atoms with Gasteiger partial charge in [-0.3, -0.25) is 9.59 Å². The predicted octanol–water partition coefficient (Wildman–Crippen LogP) is 9.25. The molecule has 0 unspecified atom stereocenters. The standard InChI is InChI=1S/C57H80N2O14/c1-58(26-22-38-30-44(62-3)46(64-5)36-42(38)54(58)40-32-48(66-7)56(70-11)49(33-40)67-8)24-18-28-72-52(60)20-16-14-13-15-17-21-53(61)73-29-19-25-59(2)27-23-39-31-45(63-4)47(65-6)37-43(39)55(59)41-34-50(68-9)57(71-12)51(35-41)69-10/h30-37,54-55H,13-29H2,1-12H3/q+2/t54-,55+,58-,59+. The summed E-state index contributed by atoms with van der Waals surface area (Å²) in [4.78, 5) is 25.7. The number of likely N-dealkylation sites (N-methyl/N-ethyl adjacent to an activating group) is 2. The molecule has 73 heavy (non-hydrogen) atoms. The van der Waals surface area contributed by atoms with Gasteiger partial charge in [-0.25, -0.2) is 0 Å². The van der Waals surface area contributed by atoms with E-state index < -0.39 is 0 Å². The van der Waals surface area contributed by atoms with Gasteiger partial charge in [0.25, 0.3) is 0 Å². The largest absolute Gasteiger partial charge is 0.493 e. The second-order valence-electron chi connectivity index (χ2n) is 19.3. The van der Waals surface area contributed by atoms with E-state index in [9.17, 15) is 9.59 Å². The van der Waals surface area contributed by atoms with Crippen LogP contribution in [0.15, 0.2) is 48.5 Å². The van der Waals surface area contributed by atoms with Gasteiger partial charge in [-0.15, -0.1) is 0 Å². The number of quaternary nitrogens is 2. The van der Waals surface area contributed by atoms with Crippen molar-refractivity contribution in [3.05, 3.63) is 81.9 Å². The number of methoxy groups -OCH3 is 10. The van der Waals surface area contributed by atoms with Crippen LogP contribution in [0, 0.1) is 0 Å². The Morgan fingerprint density at radius 2 is 0.726 bits per heavy atom. The summed E-state index contributed by atoms with van der Waals surface area (Å²) in [5, 5.41) is 0. The zero-order valence-electron chi connectivity index (χ0n) is 45.4. The summed E-state index contributed by atoms with van der Waals surface area (Å²) >= 11 is 0. The van der Waals surface area contributed by atoms with Crippen LogP contribution in [0.1, 0.15) is 103 Å². The molecule has 0 aliphatic carbocycles. The SMILES string of the molecule is COc1cc2c(cc1OC)[C@@H](c1cc(OC)c(OC)c(OC)c1)[N@+](C)(CCCOC(=O)CCCCCCCC(=O)OCCC[N@@+]1(C)CCc3cc(OC)c(OC)cc3[C@@H]1c1cc(OC)c(OC)c(OC)c1)CC2. The molecule has 0 aromatic heterocycles. The number of fused-ring (bicyclic) bond motifs is 2. The van der Waals surface area contributed by atoms with Crippen molar-refractivity contribution in [3.8, 4) is 57.5 Å². The Labute approximate surface area is 432 Å². The Morgan fingerprint density at radius 1 is 0.411 bits per heavy atom. The molecule has 0 saturated carbocycles. The van der Waals surface area contributed by atoms with Crippen LogP contribution in [0.3, 0.4) is 0 Å². The van der Waals surface area contributed by atoms with Gasteiger partial charge in [-0.05, 0) is 72.5 Å². The van der Waals surface area contributed by atoms with Crippen LogP contribution in [0.4, 0.5) is 0 Å². The summed E-state index contributed by atoms with van der Waals surface area (Å²) in [7, 11) is 20.8. The summed E-state index contributed by atoms with van der Waals surface area (Å²) in [6.07, 6.45) is 7.96. The lowest BCUT2D eigenvalue weighted by atomic mass is 9.85. The van der Waals surface area contributed by atoms with Gasteiger partial charge >= 0.3 is 11.9 Å². The van der Waals surface area contributed by atoms with Gasteiger partial charge in [0.15, 0.2) is 46.0 Å². The summed E-state index contributed by atoms with van der Waals surface area (Å²) in [5.41, 5.74) is 6.67. The van der Waals surface area contributed by atoms with Gasteiger partial charge in [-0.1, -0.05) is 19.3 Å². The van der Waals surface area contributed by atoms with Crippen molar-refractivity contribution in [3.63, 3.8) is 0 Å². The highest BCUT2D eigenvalue weighted by Gasteiger charge is 2.43. The van der Waals surface area contributed by atoms with Crippen LogP contribution in [0.25, 0.3) is 0 Å². The van der Waals surface area contributed by atoms with E-state index in [4.69, 9.17) is 56.8 Å². The average molecular weight is 1020 g/mol. The first-order valence-corrected chi connectivity index (χ1v) is 25.4. The van der Waals surface area contributed by atoms with Crippen LogP contribution >= 0.6 is 0 Å². The second-order valence-corrected chi connectivity index (χ2v) is 19.3. The molecule has 0 saturated heterocycles. The van der Waals surface area contributed by atoms with Gasteiger partial charge in [-0.2, -0.15) is 0 Å². The van der Waals surface area contributed by atoms with Crippen LogP contribution in [-0.2, 0) is 31.9 Å². The maximum Gasteiger partial charge on any atom is 0.305 e. The van der Waals surface area contributed by atoms with Gasteiger partial charge in [0.2, 0.25) is 11.5 Å². The monoisotopic (exact) mass is 1020 g/mol. The molecule has 4 aromatic rings. The molecule has 0 bridgehead atoms. The molecule has 0 N–H and O–H groups in total. The number of hydrogen-bond donors (Lipinski definition) is 0. The highest BCUT2D eigenvalue weighted by Crippen LogP contribution is 2.50.